The molecule has 0 saturated carbocycles. The van der Waals surface area contributed by atoms with Gasteiger partial charge >= 0.3 is 0 Å². The van der Waals surface area contributed by atoms with Crippen LogP contribution < -0.4 is 0 Å². The van der Waals surface area contributed by atoms with Crippen molar-refractivity contribution in [3.05, 3.63) is 90.1 Å². The molecular weight excluding hydrogens is 318 g/mol. The van der Waals surface area contributed by atoms with Gasteiger partial charge in [-0.2, -0.15) is 5.10 Å². The Hall–Kier alpha value is -2.65. The number of fused-ring (bicyclic) bond motifs is 1. The predicted octanol–water partition coefficient (Wildman–Crippen LogP) is 4.87. The molecule has 0 unspecified atom stereocenters. The molecule has 0 spiro atoms. The summed E-state index contributed by atoms with van der Waals surface area (Å²) >= 11 is 0. The summed E-state index contributed by atoms with van der Waals surface area (Å²) in [5.41, 5.74) is 6.37. The number of nitrogens with one attached hydrogen (secondary N) is 1. The first-order valence-corrected chi connectivity index (χ1v) is 9.23. The maximum atomic E-state index is 4.45. The summed E-state index contributed by atoms with van der Waals surface area (Å²) in [5.74, 6) is 0. The third kappa shape index (κ3) is 4.70. The second-order valence-corrected chi connectivity index (χ2v) is 6.70. The number of H-pyrrole nitrogens is 1. The third-order valence-electron chi connectivity index (χ3n) is 4.65. The molecule has 1 aliphatic heterocycles. The van der Waals surface area contributed by atoms with Crippen molar-refractivity contribution in [1.29, 1.82) is 0 Å². The van der Waals surface area contributed by atoms with Gasteiger partial charge in [-0.05, 0) is 25.5 Å². The highest BCUT2D eigenvalue weighted by molar-refractivity contribution is 5.64. The van der Waals surface area contributed by atoms with Crippen LogP contribution in [0.5, 0.6) is 0 Å². The average Bonchev–Trinajstić information content (AvgIpc) is 3.11. The van der Waals surface area contributed by atoms with Crippen LogP contribution in [0.4, 0.5) is 0 Å². The number of allylic oxidation sites excluding steroid dienone is 1. The van der Waals surface area contributed by atoms with E-state index in [-0.39, 0.29) is 0 Å². The van der Waals surface area contributed by atoms with Crippen LogP contribution in [-0.2, 0) is 19.4 Å². The van der Waals surface area contributed by atoms with E-state index >= 15 is 0 Å². The van der Waals surface area contributed by atoms with Crippen molar-refractivity contribution in [2.75, 3.05) is 13.6 Å². The van der Waals surface area contributed by atoms with Gasteiger partial charge in [0.2, 0.25) is 0 Å². The zero-order valence-electron chi connectivity index (χ0n) is 15.5. The van der Waals surface area contributed by atoms with Gasteiger partial charge in [0.15, 0.2) is 0 Å². The van der Waals surface area contributed by atoms with E-state index in [0.717, 1.165) is 38.0 Å². The first-order valence-electron chi connectivity index (χ1n) is 9.23. The highest BCUT2D eigenvalue weighted by Crippen LogP contribution is 2.27. The largest absolute Gasteiger partial charge is 0.302 e. The molecule has 134 valence electrons. The molecule has 0 amide bonds. The quantitative estimate of drug-likeness (QED) is 0.684. The lowest BCUT2D eigenvalue weighted by Crippen LogP contribution is -2.26. The smallest absolute Gasteiger partial charge is 0.0968 e. The van der Waals surface area contributed by atoms with E-state index in [4.69, 9.17) is 0 Å². The lowest BCUT2D eigenvalue weighted by atomic mass is 10.0. The van der Waals surface area contributed by atoms with Crippen LogP contribution in [0.15, 0.2) is 73.3 Å². The summed E-state index contributed by atoms with van der Waals surface area (Å²) in [6.45, 7) is 5.79. The van der Waals surface area contributed by atoms with E-state index in [1.54, 1.807) is 0 Å². The Bertz CT molecular complexity index is 806. The highest BCUT2D eigenvalue weighted by atomic mass is 15.2. The molecule has 0 bridgehead atoms. The molecule has 4 rings (SSSR count). The summed E-state index contributed by atoms with van der Waals surface area (Å²) in [6.07, 6.45) is 5.22. The fraction of sp³-hybridized carbons (Fsp3) is 0.261. The zero-order chi connectivity index (χ0) is 18.2. The van der Waals surface area contributed by atoms with Crippen LogP contribution in [0.25, 0.3) is 11.3 Å². The molecule has 0 saturated heterocycles. The number of benzene rings is 2. The summed E-state index contributed by atoms with van der Waals surface area (Å²) < 4.78 is 0. The molecule has 0 aliphatic carbocycles. The van der Waals surface area contributed by atoms with E-state index in [2.05, 4.69) is 77.3 Å². The van der Waals surface area contributed by atoms with Crippen LogP contribution in [0.3, 0.4) is 0 Å². The van der Waals surface area contributed by atoms with Crippen molar-refractivity contribution in [2.24, 2.45) is 0 Å². The number of aryl methyl sites for hydroxylation is 1. The second kappa shape index (κ2) is 9.16. The normalized spacial score (nSPS) is 13.4. The van der Waals surface area contributed by atoms with Gasteiger partial charge in [-0.15, -0.1) is 6.58 Å². The molecule has 1 N–H and O–H groups in total. The molecular formula is C23H27N3. The SMILES string of the molecule is C=CCCc1ccccc1.CN1CCc2[nH]nc(-c3ccccc3)c2C1. The standard InChI is InChI=1S/C13H15N3.C10H12/c1-16-8-7-12-11(9-16)13(15-14-12)10-5-3-2-4-6-10;1-2-3-7-10-8-5-4-6-9-10/h2-6H,7-9H2,1H3,(H,14,15);2,4-6,8-9H,1,3,7H2. The Labute approximate surface area is 156 Å². The maximum Gasteiger partial charge on any atom is 0.0968 e. The van der Waals surface area contributed by atoms with Gasteiger partial charge in [-0.3, -0.25) is 5.10 Å². The highest BCUT2D eigenvalue weighted by Gasteiger charge is 2.20. The molecule has 0 fully saturated rings. The second-order valence-electron chi connectivity index (χ2n) is 6.70. The van der Waals surface area contributed by atoms with Crippen molar-refractivity contribution in [3.63, 3.8) is 0 Å². The molecule has 3 heteroatoms. The van der Waals surface area contributed by atoms with Gasteiger partial charge in [0.1, 0.15) is 0 Å². The van der Waals surface area contributed by atoms with E-state index < -0.39 is 0 Å². The topological polar surface area (TPSA) is 31.9 Å². The number of hydrogen-bond acceptors (Lipinski definition) is 2. The van der Waals surface area contributed by atoms with Crippen LogP contribution >= 0.6 is 0 Å². The van der Waals surface area contributed by atoms with Crippen molar-refractivity contribution in [1.82, 2.24) is 15.1 Å². The summed E-state index contributed by atoms with van der Waals surface area (Å²) in [6, 6.07) is 20.8. The average molecular weight is 345 g/mol. The molecule has 1 aliphatic rings. The predicted molar refractivity (Wildman–Crippen MR) is 109 cm³/mol. The van der Waals surface area contributed by atoms with Gasteiger partial charge in [-0.25, -0.2) is 0 Å². The van der Waals surface area contributed by atoms with Crippen LogP contribution in [-0.4, -0.2) is 28.7 Å². The van der Waals surface area contributed by atoms with Gasteiger partial charge in [0.05, 0.1) is 5.69 Å². The Balaban J connectivity index is 0.000000170. The van der Waals surface area contributed by atoms with Gasteiger partial charge in [0, 0.05) is 36.3 Å². The van der Waals surface area contributed by atoms with Crippen molar-refractivity contribution < 1.29 is 0 Å². The van der Waals surface area contributed by atoms with Crippen molar-refractivity contribution >= 4 is 0 Å². The minimum Gasteiger partial charge on any atom is -0.302 e. The Morgan fingerprint density at radius 1 is 1.08 bits per heavy atom. The number of rotatable bonds is 4. The monoisotopic (exact) mass is 345 g/mol. The summed E-state index contributed by atoms with van der Waals surface area (Å²) in [7, 11) is 2.16. The van der Waals surface area contributed by atoms with Gasteiger partial charge in [-0.1, -0.05) is 66.7 Å². The fourth-order valence-corrected chi connectivity index (χ4v) is 3.18. The minimum absolute atomic E-state index is 0.996. The van der Waals surface area contributed by atoms with Gasteiger partial charge < -0.3 is 4.90 Å². The van der Waals surface area contributed by atoms with Crippen LogP contribution in [0.1, 0.15) is 23.2 Å². The van der Waals surface area contributed by atoms with Crippen LogP contribution in [0, 0.1) is 0 Å². The van der Waals surface area contributed by atoms with Crippen LogP contribution in [0.2, 0.25) is 0 Å². The van der Waals surface area contributed by atoms with E-state index in [1.165, 1.54) is 22.4 Å². The molecule has 0 radical (unpaired) electrons. The lowest BCUT2D eigenvalue weighted by molar-refractivity contribution is 0.312. The summed E-state index contributed by atoms with van der Waals surface area (Å²) in [5, 5.41) is 7.62. The molecule has 3 aromatic rings. The van der Waals surface area contributed by atoms with Crippen molar-refractivity contribution in [3.8, 4) is 11.3 Å². The fourth-order valence-electron chi connectivity index (χ4n) is 3.18. The molecule has 2 heterocycles. The molecule has 26 heavy (non-hydrogen) atoms. The molecule has 1 aromatic heterocycles. The Morgan fingerprint density at radius 2 is 1.77 bits per heavy atom. The Morgan fingerprint density at radius 3 is 2.46 bits per heavy atom. The molecule has 0 atom stereocenters. The number of aromatic amines is 1. The van der Waals surface area contributed by atoms with E-state index in [0.29, 0.717) is 0 Å². The number of nitrogens with zero attached hydrogens (tertiary/aromatic N) is 2. The number of hydrogen-bond donors (Lipinski definition) is 1. The maximum absolute atomic E-state index is 4.45. The third-order valence-corrected chi connectivity index (χ3v) is 4.65. The molecule has 3 nitrogen and oxygen atoms in total. The number of aromatic nitrogens is 2. The zero-order valence-corrected chi connectivity index (χ0v) is 15.5. The molecule has 2 aromatic carbocycles. The van der Waals surface area contributed by atoms with Crippen molar-refractivity contribution in [2.45, 2.75) is 25.8 Å². The van der Waals surface area contributed by atoms with Gasteiger partial charge in [0.25, 0.3) is 0 Å². The first-order chi connectivity index (χ1) is 12.8. The lowest BCUT2D eigenvalue weighted by Gasteiger charge is -2.22. The first kappa shape index (κ1) is 18.2. The minimum atomic E-state index is 0.996. The Kier molecular flexibility index (Phi) is 6.39. The van der Waals surface area contributed by atoms with E-state index in [9.17, 15) is 0 Å². The summed E-state index contributed by atoms with van der Waals surface area (Å²) in [4.78, 5) is 2.34. The van der Waals surface area contributed by atoms with E-state index in [1.807, 2.05) is 18.2 Å². The number of likely N-dealkylation sites (N-methyl/N-ethyl adjacent to an activating group) is 1.